The van der Waals surface area contributed by atoms with Crippen LogP contribution in [-0.4, -0.2) is 49.8 Å². The molecule has 0 saturated carbocycles. The van der Waals surface area contributed by atoms with Crippen molar-refractivity contribution in [2.45, 2.75) is 0 Å². The lowest BCUT2D eigenvalue weighted by Gasteiger charge is -2.25. The lowest BCUT2D eigenvalue weighted by atomic mass is 10.4. The van der Waals surface area contributed by atoms with E-state index in [1.54, 1.807) is 0 Å². The minimum Gasteiger partial charge on any atom is -0.379 e. The minimum atomic E-state index is 0.921. The summed E-state index contributed by atoms with van der Waals surface area (Å²) in [4.78, 5) is 2.46. The molecule has 1 fully saturated rings. The summed E-state index contributed by atoms with van der Waals surface area (Å²) in [6, 6.07) is 0. The molecule has 4 heteroatoms. The molecule has 1 aliphatic heterocycles. The van der Waals surface area contributed by atoms with E-state index < -0.39 is 0 Å². The third kappa shape index (κ3) is 4.25. The van der Waals surface area contributed by atoms with Crippen LogP contribution < -0.4 is 0 Å². The van der Waals surface area contributed by atoms with E-state index in [4.69, 9.17) is 4.74 Å². The zero-order valence-corrected chi connectivity index (χ0v) is 8.55. The van der Waals surface area contributed by atoms with Crippen LogP contribution in [0.2, 0.25) is 0 Å². The van der Waals surface area contributed by atoms with E-state index in [2.05, 4.69) is 11.2 Å². The summed E-state index contributed by atoms with van der Waals surface area (Å²) in [7, 11) is 3.78. The van der Waals surface area contributed by atoms with Gasteiger partial charge in [0.1, 0.15) is 0 Å². The van der Waals surface area contributed by atoms with Gasteiger partial charge < -0.3 is 4.74 Å². The summed E-state index contributed by atoms with van der Waals surface area (Å²) < 4.78 is 5.25. The van der Waals surface area contributed by atoms with Crippen LogP contribution in [0, 0.1) is 0 Å². The Morgan fingerprint density at radius 1 is 1.36 bits per heavy atom. The van der Waals surface area contributed by atoms with Crippen LogP contribution in [0.15, 0.2) is 0 Å². The summed E-state index contributed by atoms with van der Waals surface area (Å²) in [5.41, 5.74) is 0. The van der Waals surface area contributed by atoms with Crippen molar-refractivity contribution < 1.29 is 4.74 Å². The first-order valence-corrected chi connectivity index (χ1v) is 6.62. The maximum atomic E-state index is 5.25. The van der Waals surface area contributed by atoms with E-state index in [1.807, 2.05) is 21.6 Å². The summed E-state index contributed by atoms with van der Waals surface area (Å²) >= 11 is 0. The summed E-state index contributed by atoms with van der Waals surface area (Å²) in [5, 5.41) is 0. The molecule has 0 N–H and O–H groups in total. The second-order valence-corrected chi connectivity index (χ2v) is 5.13. The van der Waals surface area contributed by atoms with Crippen LogP contribution in [0.3, 0.4) is 0 Å². The van der Waals surface area contributed by atoms with Gasteiger partial charge in [0.05, 0.1) is 13.2 Å². The summed E-state index contributed by atoms with van der Waals surface area (Å²) in [6.45, 7) is 5.30. The Hall–Kier alpha value is 0.620. The van der Waals surface area contributed by atoms with Crippen LogP contribution in [0.4, 0.5) is 0 Å². The first-order valence-electron chi connectivity index (χ1n) is 3.89. The molecule has 0 aliphatic carbocycles. The van der Waals surface area contributed by atoms with Gasteiger partial charge in [0.15, 0.2) is 0 Å². The van der Waals surface area contributed by atoms with Gasteiger partial charge >= 0.3 is 0 Å². The number of hydrogen-bond acceptors (Lipinski definition) is 4. The standard InChI is InChI=1S/C7H15NOS2/c1-10-11-7-4-8-2-5-9-6-3-8/h2-7H2,1H3. The number of ether oxygens (including phenoxy) is 1. The minimum absolute atomic E-state index is 0.921. The van der Waals surface area contributed by atoms with Gasteiger partial charge in [-0.3, -0.25) is 4.90 Å². The van der Waals surface area contributed by atoms with Crippen molar-refractivity contribution in [1.29, 1.82) is 0 Å². The zero-order chi connectivity index (χ0) is 7.94. The van der Waals surface area contributed by atoms with Crippen molar-refractivity contribution in [2.24, 2.45) is 0 Å². The van der Waals surface area contributed by atoms with Gasteiger partial charge in [-0.15, -0.1) is 0 Å². The fourth-order valence-corrected chi connectivity index (χ4v) is 2.30. The van der Waals surface area contributed by atoms with Gasteiger partial charge in [-0.1, -0.05) is 21.6 Å². The molecule has 2 nitrogen and oxygen atoms in total. The maximum Gasteiger partial charge on any atom is 0.0594 e. The maximum absolute atomic E-state index is 5.25. The van der Waals surface area contributed by atoms with Crippen molar-refractivity contribution in [3.63, 3.8) is 0 Å². The molecular weight excluding hydrogens is 178 g/mol. The van der Waals surface area contributed by atoms with E-state index in [0.717, 1.165) is 26.3 Å². The Kier molecular flexibility index (Phi) is 5.45. The average Bonchev–Trinajstić information content (AvgIpc) is 2.07. The van der Waals surface area contributed by atoms with Crippen molar-refractivity contribution in [3.8, 4) is 0 Å². The molecule has 0 aromatic rings. The van der Waals surface area contributed by atoms with E-state index in [0.29, 0.717) is 0 Å². The Morgan fingerprint density at radius 2 is 2.09 bits per heavy atom. The molecule has 1 aliphatic rings. The fourth-order valence-electron chi connectivity index (χ4n) is 1.07. The van der Waals surface area contributed by atoms with Gasteiger partial charge in [0.25, 0.3) is 0 Å². The third-order valence-corrected chi connectivity index (χ3v) is 3.50. The highest BCUT2D eigenvalue weighted by Crippen LogP contribution is 2.16. The van der Waals surface area contributed by atoms with Crippen LogP contribution in [0.25, 0.3) is 0 Å². The van der Waals surface area contributed by atoms with E-state index in [9.17, 15) is 0 Å². The molecule has 11 heavy (non-hydrogen) atoms. The molecule has 0 aromatic heterocycles. The van der Waals surface area contributed by atoms with Crippen molar-refractivity contribution in [2.75, 3.05) is 44.9 Å². The predicted molar refractivity (Wildman–Crippen MR) is 53.2 cm³/mol. The van der Waals surface area contributed by atoms with Crippen molar-refractivity contribution >= 4 is 21.6 Å². The Bertz CT molecular complexity index is 96.4. The zero-order valence-electron chi connectivity index (χ0n) is 6.91. The quantitative estimate of drug-likeness (QED) is 0.493. The van der Waals surface area contributed by atoms with Gasteiger partial charge in [-0.2, -0.15) is 0 Å². The molecule has 1 saturated heterocycles. The molecule has 0 unspecified atom stereocenters. The van der Waals surface area contributed by atoms with Gasteiger partial charge in [0.2, 0.25) is 0 Å². The lowest BCUT2D eigenvalue weighted by molar-refractivity contribution is 0.0410. The van der Waals surface area contributed by atoms with Crippen molar-refractivity contribution in [1.82, 2.24) is 4.90 Å². The van der Waals surface area contributed by atoms with Crippen LogP contribution in [-0.2, 0) is 4.74 Å². The number of hydrogen-bond donors (Lipinski definition) is 0. The molecule has 1 heterocycles. The van der Waals surface area contributed by atoms with Crippen molar-refractivity contribution in [3.05, 3.63) is 0 Å². The second kappa shape index (κ2) is 6.17. The second-order valence-electron chi connectivity index (χ2n) is 2.44. The highest BCUT2D eigenvalue weighted by molar-refractivity contribution is 8.76. The van der Waals surface area contributed by atoms with E-state index >= 15 is 0 Å². The molecule has 0 radical (unpaired) electrons. The Morgan fingerprint density at radius 3 is 2.73 bits per heavy atom. The summed E-state index contributed by atoms with van der Waals surface area (Å²) in [6.07, 6.45) is 2.13. The van der Waals surface area contributed by atoms with Gasteiger partial charge in [-0.25, -0.2) is 0 Å². The van der Waals surface area contributed by atoms with E-state index in [-0.39, 0.29) is 0 Å². The Labute approximate surface area is 76.4 Å². The SMILES string of the molecule is CSSCCN1CCOCC1. The highest BCUT2D eigenvalue weighted by atomic mass is 33.1. The fraction of sp³-hybridized carbons (Fsp3) is 1.00. The number of morpholine rings is 1. The van der Waals surface area contributed by atoms with Crippen LogP contribution in [0.5, 0.6) is 0 Å². The summed E-state index contributed by atoms with van der Waals surface area (Å²) in [5.74, 6) is 1.24. The monoisotopic (exact) mass is 193 g/mol. The molecule has 0 bridgehead atoms. The molecule has 0 spiro atoms. The largest absolute Gasteiger partial charge is 0.379 e. The molecular formula is C7H15NOS2. The lowest BCUT2D eigenvalue weighted by Crippen LogP contribution is -2.37. The topological polar surface area (TPSA) is 12.5 Å². The first kappa shape index (κ1) is 9.71. The first-order chi connectivity index (χ1) is 5.43. The molecule has 66 valence electrons. The van der Waals surface area contributed by atoms with Crippen LogP contribution in [0.1, 0.15) is 0 Å². The predicted octanol–water partition coefficient (Wildman–Crippen LogP) is 1.33. The van der Waals surface area contributed by atoms with E-state index in [1.165, 1.54) is 12.3 Å². The molecule has 0 amide bonds. The third-order valence-electron chi connectivity index (χ3n) is 1.71. The van der Waals surface area contributed by atoms with Gasteiger partial charge in [0, 0.05) is 25.4 Å². The molecule has 0 atom stereocenters. The molecule has 0 aromatic carbocycles. The number of rotatable bonds is 4. The van der Waals surface area contributed by atoms with Gasteiger partial charge in [-0.05, 0) is 6.26 Å². The smallest absolute Gasteiger partial charge is 0.0594 e. The Balaban J connectivity index is 1.96. The normalized spacial score (nSPS) is 20.5. The average molecular weight is 193 g/mol. The number of nitrogens with zero attached hydrogens (tertiary/aromatic N) is 1. The van der Waals surface area contributed by atoms with Crippen LogP contribution >= 0.6 is 21.6 Å². The molecule has 1 rings (SSSR count). The highest BCUT2D eigenvalue weighted by Gasteiger charge is 2.08.